The van der Waals surface area contributed by atoms with Gasteiger partial charge in [-0.15, -0.1) is 0 Å². The Morgan fingerprint density at radius 3 is 2.58 bits per heavy atom. The summed E-state index contributed by atoms with van der Waals surface area (Å²) < 4.78 is 5.57. The molecule has 2 amide bonds. The van der Waals surface area contributed by atoms with Crippen LogP contribution < -0.4 is 15.0 Å². The summed E-state index contributed by atoms with van der Waals surface area (Å²) in [5.41, 5.74) is 1.87. The maximum absolute atomic E-state index is 12.5. The first-order valence-electron chi connectivity index (χ1n) is 11.0. The molecule has 0 saturated carbocycles. The molecule has 2 aliphatic heterocycles. The first-order chi connectivity index (χ1) is 16.0. The van der Waals surface area contributed by atoms with Crippen molar-refractivity contribution in [1.29, 1.82) is 0 Å². The Labute approximate surface area is 191 Å². The van der Waals surface area contributed by atoms with Crippen molar-refractivity contribution in [3.63, 3.8) is 0 Å². The van der Waals surface area contributed by atoms with E-state index < -0.39 is 4.92 Å². The normalized spacial score (nSPS) is 16.4. The van der Waals surface area contributed by atoms with Crippen LogP contribution in [0.4, 0.5) is 17.1 Å². The summed E-state index contributed by atoms with van der Waals surface area (Å²) in [4.78, 5) is 39.3. The molecule has 2 aliphatic rings. The van der Waals surface area contributed by atoms with Crippen LogP contribution in [0.5, 0.6) is 5.75 Å². The number of ether oxygens (including phenoxy) is 1. The fourth-order valence-electron chi connectivity index (χ4n) is 4.01. The molecule has 1 N–H and O–H groups in total. The van der Waals surface area contributed by atoms with Crippen LogP contribution in [0.15, 0.2) is 48.5 Å². The number of carbonyl (C=O) groups excluding carboxylic acids is 2. The maximum Gasteiger partial charge on any atom is 0.269 e. The lowest BCUT2D eigenvalue weighted by Gasteiger charge is -2.33. The van der Waals surface area contributed by atoms with E-state index in [1.807, 2.05) is 0 Å². The molecular weight excluding hydrogens is 424 g/mol. The minimum absolute atomic E-state index is 0.00716. The lowest BCUT2D eigenvalue weighted by atomic mass is 10.1. The van der Waals surface area contributed by atoms with Gasteiger partial charge in [-0.3, -0.25) is 19.7 Å². The maximum atomic E-state index is 12.5. The van der Waals surface area contributed by atoms with Crippen molar-refractivity contribution < 1.29 is 19.2 Å². The number of rotatable bonds is 7. The van der Waals surface area contributed by atoms with Crippen LogP contribution in [-0.4, -0.2) is 54.4 Å². The van der Waals surface area contributed by atoms with Gasteiger partial charge in [0.2, 0.25) is 5.91 Å². The predicted octanol–water partition coefficient (Wildman–Crippen LogP) is 3.46. The third-order valence-corrected chi connectivity index (χ3v) is 5.79. The third kappa shape index (κ3) is 5.75. The number of fused-ring (bicyclic) bond motifs is 1. The van der Waals surface area contributed by atoms with E-state index in [-0.39, 0.29) is 24.1 Å². The van der Waals surface area contributed by atoms with Crippen LogP contribution in [0.1, 0.15) is 24.8 Å². The number of nitrogens with zero attached hydrogens (tertiary/aromatic N) is 3. The molecule has 0 aromatic heterocycles. The van der Waals surface area contributed by atoms with Gasteiger partial charge in [-0.05, 0) is 67.9 Å². The van der Waals surface area contributed by atoms with E-state index >= 15 is 0 Å². The Morgan fingerprint density at radius 2 is 1.85 bits per heavy atom. The molecular formula is C24H26N4O5. The summed E-state index contributed by atoms with van der Waals surface area (Å²) in [5.74, 6) is 0.171. The first kappa shape index (κ1) is 22.5. The molecule has 33 heavy (non-hydrogen) atoms. The molecule has 1 fully saturated rings. The minimum atomic E-state index is -0.472. The number of benzene rings is 2. The van der Waals surface area contributed by atoms with Gasteiger partial charge in [0, 0.05) is 37.0 Å². The number of piperidine rings is 1. The van der Waals surface area contributed by atoms with Gasteiger partial charge in [-0.1, -0.05) is 6.42 Å². The van der Waals surface area contributed by atoms with Gasteiger partial charge < -0.3 is 19.9 Å². The van der Waals surface area contributed by atoms with Crippen LogP contribution in [0, 0.1) is 10.1 Å². The van der Waals surface area contributed by atoms with Crippen LogP contribution >= 0.6 is 0 Å². The molecule has 0 unspecified atom stereocenters. The van der Waals surface area contributed by atoms with E-state index in [1.165, 1.54) is 37.5 Å². The highest BCUT2D eigenvalue weighted by Gasteiger charge is 2.26. The average Bonchev–Trinajstić information content (AvgIpc) is 2.83. The smallest absolute Gasteiger partial charge is 0.269 e. The van der Waals surface area contributed by atoms with Crippen molar-refractivity contribution in [2.24, 2.45) is 0 Å². The quantitative estimate of drug-likeness (QED) is 0.394. The molecule has 4 rings (SSSR count). The topological polar surface area (TPSA) is 105 Å². The summed E-state index contributed by atoms with van der Waals surface area (Å²) >= 11 is 0. The Morgan fingerprint density at radius 1 is 1.09 bits per heavy atom. The molecule has 2 aromatic rings. The van der Waals surface area contributed by atoms with Crippen molar-refractivity contribution in [2.45, 2.75) is 19.3 Å². The fourth-order valence-corrected chi connectivity index (χ4v) is 4.01. The molecule has 0 aliphatic carbocycles. The molecule has 9 nitrogen and oxygen atoms in total. The summed E-state index contributed by atoms with van der Waals surface area (Å²) in [6.07, 6.45) is 6.58. The monoisotopic (exact) mass is 450 g/mol. The number of hydrogen-bond acceptors (Lipinski definition) is 6. The number of nitro groups is 1. The van der Waals surface area contributed by atoms with Crippen molar-refractivity contribution in [3.05, 3.63) is 64.2 Å². The SMILES string of the molecule is O=C(/C=C/c1ccc([N+](=O)[O-])cc1)Nc1ccc2c(c1)N(CCN1CCCCC1)C(=O)CO2. The van der Waals surface area contributed by atoms with Gasteiger partial charge in [0.25, 0.3) is 11.6 Å². The zero-order chi connectivity index (χ0) is 23.2. The summed E-state index contributed by atoms with van der Waals surface area (Å²) in [6.45, 7) is 3.51. The second-order valence-corrected chi connectivity index (χ2v) is 8.09. The molecule has 0 atom stereocenters. The number of amides is 2. The molecule has 172 valence electrons. The molecule has 2 heterocycles. The van der Waals surface area contributed by atoms with E-state index in [1.54, 1.807) is 41.3 Å². The van der Waals surface area contributed by atoms with Gasteiger partial charge in [-0.25, -0.2) is 0 Å². The van der Waals surface area contributed by atoms with Crippen LogP contribution in [0.3, 0.4) is 0 Å². The first-order valence-corrected chi connectivity index (χ1v) is 11.0. The fraction of sp³-hybridized carbons (Fsp3) is 0.333. The Bertz CT molecular complexity index is 1060. The number of carbonyl (C=O) groups is 2. The highest BCUT2D eigenvalue weighted by molar-refractivity contribution is 6.03. The molecule has 0 radical (unpaired) electrons. The Balaban J connectivity index is 1.41. The highest BCUT2D eigenvalue weighted by atomic mass is 16.6. The molecule has 1 saturated heterocycles. The number of anilines is 2. The second-order valence-electron chi connectivity index (χ2n) is 8.09. The summed E-state index contributed by atoms with van der Waals surface area (Å²) in [7, 11) is 0. The van der Waals surface area contributed by atoms with E-state index in [2.05, 4.69) is 10.2 Å². The van der Waals surface area contributed by atoms with Crippen molar-refractivity contribution in [1.82, 2.24) is 4.90 Å². The van der Waals surface area contributed by atoms with E-state index in [0.717, 1.165) is 19.6 Å². The average molecular weight is 450 g/mol. The summed E-state index contributed by atoms with van der Waals surface area (Å²) in [6, 6.07) is 11.2. The lowest BCUT2D eigenvalue weighted by molar-refractivity contribution is -0.384. The van der Waals surface area contributed by atoms with Gasteiger partial charge >= 0.3 is 0 Å². The van der Waals surface area contributed by atoms with Crippen LogP contribution in [0.25, 0.3) is 6.08 Å². The van der Waals surface area contributed by atoms with E-state index in [0.29, 0.717) is 29.2 Å². The Hall–Kier alpha value is -3.72. The lowest BCUT2D eigenvalue weighted by Crippen LogP contribution is -2.44. The highest BCUT2D eigenvalue weighted by Crippen LogP contribution is 2.34. The molecule has 9 heteroatoms. The molecule has 0 bridgehead atoms. The van der Waals surface area contributed by atoms with Gasteiger partial charge in [0.05, 0.1) is 10.6 Å². The number of hydrogen-bond donors (Lipinski definition) is 1. The van der Waals surface area contributed by atoms with Crippen molar-refractivity contribution in [2.75, 3.05) is 43.0 Å². The molecule has 0 spiro atoms. The van der Waals surface area contributed by atoms with Gasteiger partial charge in [0.15, 0.2) is 6.61 Å². The molecule has 2 aromatic carbocycles. The van der Waals surface area contributed by atoms with E-state index in [4.69, 9.17) is 4.74 Å². The van der Waals surface area contributed by atoms with Crippen molar-refractivity contribution >= 4 is 35.0 Å². The second kappa shape index (κ2) is 10.3. The number of non-ortho nitro benzene ring substituents is 1. The van der Waals surface area contributed by atoms with Crippen LogP contribution in [0.2, 0.25) is 0 Å². The van der Waals surface area contributed by atoms with Crippen LogP contribution in [-0.2, 0) is 9.59 Å². The van der Waals surface area contributed by atoms with E-state index in [9.17, 15) is 19.7 Å². The Kier molecular flexibility index (Phi) is 6.99. The zero-order valence-electron chi connectivity index (χ0n) is 18.2. The predicted molar refractivity (Wildman–Crippen MR) is 125 cm³/mol. The largest absolute Gasteiger partial charge is 0.482 e. The minimum Gasteiger partial charge on any atom is -0.482 e. The van der Waals surface area contributed by atoms with Gasteiger partial charge in [0.1, 0.15) is 5.75 Å². The summed E-state index contributed by atoms with van der Waals surface area (Å²) in [5, 5.41) is 13.5. The van der Waals surface area contributed by atoms with Crippen molar-refractivity contribution in [3.8, 4) is 5.75 Å². The third-order valence-electron chi connectivity index (χ3n) is 5.79. The number of nitrogens with one attached hydrogen (secondary N) is 1. The number of nitro benzene ring substituents is 1. The number of likely N-dealkylation sites (tertiary alicyclic amines) is 1. The van der Waals surface area contributed by atoms with Gasteiger partial charge in [-0.2, -0.15) is 0 Å². The zero-order valence-corrected chi connectivity index (χ0v) is 18.2. The standard InChI is InChI=1S/C24H26N4O5/c29-23(11-6-18-4-8-20(9-5-18)28(31)32)25-19-7-10-22-21(16-19)27(24(30)17-33-22)15-14-26-12-2-1-3-13-26/h4-11,16H,1-3,12-15,17H2,(H,25,29)/b11-6+.